The molecule has 0 unspecified atom stereocenters. The SMILES string of the molecule is C[C]1[C](C)[C](C)[C](C)[C]1C.Clc1ccc(C2=N[P]2)cc1.[C-]#[O+].[C-]#[O+].[C-]#[O+].[C-]#[O+].[C-]#[O+].[W]. The second kappa shape index (κ2) is 27.0. The molecule has 0 saturated heterocycles. The van der Waals surface area contributed by atoms with E-state index in [1.807, 2.05) is 24.3 Å². The standard InChI is InChI=1S/C10H15.C7H4ClNP.5CO.W/c1-6-7(2)9(4)10(5)8(6)3;8-6-3-1-5(2-4-6)7-9-10-7;5*1-2;/h1-5H3;1-4H;;;;;;. The van der Waals surface area contributed by atoms with Gasteiger partial charge < -0.3 is 0 Å². The number of rotatable bonds is 1. The van der Waals surface area contributed by atoms with E-state index in [1.54, 1.807) is 0 Å². The van der Waals surface area contributed by atoms with Crippen molar-refractivity contribution in [3.63, 3.8) is 0 Å². The van der Waals surface area contributed by atoms with Crippen LogP contribution in [0.3, 0.4) is 0 Å². The first-order valence-corrected chi connectivity index (χ1v) is 8.90. The maximum atomic E-state index is 7.50. The van der Waals surface area contributed by atoms with Crippen molar-refractivity contribution in [1.82, 2.24) is 0 Å². The van der Waals surface area contributed by atoms with Crippen LogP contribution >= 0.6 is 20.3 Å². The molecule has 2 aliphatic rings. The molecule has 3 rings (SSSR count). The Morgan fingerprint density at radius 3 is 1.03 bits per heavy atom. The number of nitrogens with zero attached hydrogens (tertiary/aromatic N) is 1. The van der Waals surface area contributed by atoms with E-state index >= 15 is 0 Å². The maximum Gasteiger partial charge on any atom is 0 e. The molecule has 0 atom stereocenters. The van der Waals surface area contributed by atoms with Gasteiger partial charge in [-0.25, -0.2) is 4.76 Å². The Bertz CT molecular complexity index is 621. The Morgan fingerprint density at radius 2 is 0.839 bits per heavy atom. The molecule has 1 aliphatic heterocycles. The third-order valence-electron chi connectivity index (χ3n) is 4.11. The van der Waals surface area contributed by atoms with Crippen molar-refractivity contribution >= 4 is 25.8 Å². The van der Waals surface area contributed by atoms with E-state index in [9.17, 15) is 0 Å². The van der Waals surface area contributed by atoms with E-state index in [2.05, 4.69) is 72.6 Å². The predicted octanol–water partition coefficient (Wildman–Crippen LogP) is 5.74. The van der Waals surface area contributed by atoms with Crippen molar-refractivity contribution in [1.29, 1.82) is 0 Å². The summed E-state index contributed by atoms with van der Waals surface area (Å²) in [5.41, 5.74) is 2.35. The fourth-order valence-electron chi connectivity index (χ4n) is 2.15. The fourth-order valence-corrected chi connectivity index (χ4v) is 2.70. The van der Waals surface area contributed by atoms with E-state index in [1.165, 1.54) is 35.2 Å². The van der Waals surface area contributed by atoms with Gasteiger partial charge in [0.05, 0.1) is 5.45 Å². The van der Waals surface area contributed by atoms with Gasteiger partial charge in [-0.05, 0) is 41.7 Å². The summed E-state index contributed by atoms with van der Waals surface area (Å²) in [7, 11) is 1.11. The monoisotopic (exact) mass is 627 g/mol. The summed E-state index contributed by atoms with van der Waals surface area (Å²) < 4.78 is 41.5. The van der Waals surface area contributed by atoms with Crippen molar-refractivity contribution in [3.8, 4) is 0 Å². The van der Waals surface area contributed by atoms with Crippen LogP contribution in [0, 0.1) is 62.8 Å². The van der Waals surface area contributed by atoms with Gasteiger partial charge in [0.25, 0.3) is 0 Å². The fraction of sp³-hybridized carbons (Fsp3) is 0.227. The average molecular weight is 628 g/mol. The first kappa shape index (κ1) is 40.4. The largest absolute Gasteiger partial charge is 0 e. The van der Waals surface area contributed by atoms with Crippen LogP contribution in [0.25, 0.3) is 0 Å². The molecular formula is C22H19ClNO5PW. The van der Waals surface area contributed by atoms with Gasteiger partial charge in [-0.2, -0.15) is 0 Å². The van der Waals surface area contributed by atoms with Crippen molar-refractivity contribution in [2.75, 3.05) is 0 Å². The third kappa shape index (κ3) is 16.3. The first-order chi connectivity index (χ1) is 14.4. The molecule has 9 heteroatoms. The maximum absolute atomic E-state index is 7.50. The molecule has 0 amide bonds. The zero-order valence-electron chi connectivity index (χ0n) is 17.5. The molecule has 160 valence electrons. The van der Waals surface area contributed by atoms with Crippen LogP contribution in [0.1, 0.15) is 40.2 Å². The molecule has 1 saturated carbocycles. The van der Waals surface area contributed by atoms with Gasteiger partial charge >= 0.3 is 56.5 Å². The Hall–Kier alpha value is -1.00. The smallest absolute Gasteiger partial charge is 0 e. The zero-order valence-corrected chi connectivity index (χ0v) is 22.1. The Kier molecular flexibility index (Phi) is 35.2. The van der Waals surface area contributed by atoms with E-state index in [0.717, 1.165) is 19.2 Å². The molecule has 31 heavy (non-hydrogen) atoms. The van der Waals surface area contributed by atoms with Crippen molar-refractivity contribution < 1.29 is 44.3 Å². The summed E-state index contributed by atoms with van der Waals surface area (Å²) in [6, 6.07) is 7.74. The van der Waals surface area contributed by atoms with Gasteiger partial charge in [-0.3, -0.25) is 0 Å². The van der Waals surface area contributed by atoms with Gasteiger partial charge in [-0.15, -0.1) is 0 Å². The summed E-state index contributed by atoms with van der Waals surface area (Å²) in [5, 5.41) is 0.779. The zero-order chi connectivity index (χ0) is 24.9. The van der Waals surface area contributed by atoms with Crippen LogP contribution in [-0.4, -0.2) is 5.45 Å². The number of halogens is 1. The Morgan fingerprint density at radius 1 is 0.613 bits per heavy atom. The summed E-state index contributed by atoms with van der Waals surface area (Å²) in [5.74, 6) is 7.34. The van der Waals surface area contributed by atoms with Crippen LogP contribution in [0.5, 0.6) is 0 Å². The normalized spacial score (nSPS) is 15.0. The molecule has 0 aromatic heterocycles. The van der Waals surface area contributed by atoms with Gasteiger partial charge in [0.1, 0.15) is 8.73 Å². The van der Waals surface area contributed by atoms with Crippen LogP contribution in [-0.2, 0) is 44.3 Å². The number of benzene rings is 1. The summed E-state index contributed by atoms with van der Waals surface area (Å²) in [6.07, 6.45) is 0. The van der Waals surface area contributed by atoms with Crippen LogP contribution < -0.4 is 0 Å². The number of hydrogen-bond donors (Lipinski definition) is 0. The van der Waals surface area contributed by atoms with Crippen molar-refractivity contribution in [2.24, 2.45) is 4.76 Å². The molecule has 0 spiro atoms. The third-order valence-corrected chi connectivity index (χ3v) is 5.03. The molecule has 6 nitrogen and oxygen atoms in total. The Labute approximate surface area is 206 Å². The molecule has 1 aliphatic carbocycles. The predicted molar refractivity (Wildman–Crippen MR) is 109 cm³/mol. The minimum absolute atomic E-state index is 0. The number of hydrogen-bond acceptors (Lipinski definition) is 1. The second-order valence-electron chi connectivity index (χ2n) is 5.16. The van der Waals surface area contributed by atoms with E-state index < -0.39 is 0 Å². The van der Waals surface area contributed by atoms with Crippen molar-refractivity contribution in [2.45, 2.75) is 34.6 Å². The molecular weight excluding hydrogens is 609 g/mol. The minimum atomic E-state index is 0. The molecule has 1 heterocycles. The molecule has 1 aromatic rings. The van der Waals surface area contributed by atoms with Gasteiger partial charge in [0.15, 0.2) is 0 Å². The van der Waals surface area contributed by atoms with Crippen LogP contribution in [0.4, 0.5) is 0 Å². The first-order valence-electron chi connectivity index (χ1n) is 7.68. The van der Waals surface area contributed by atoms with Crippen LogP contribution in [0.15, 0.2) is 29.0 Å². The van der Waals surface area contributed by atoms with E-state index in [-0.39, 0.29) is 21.1 Å². The van der Waals surface area contributed by atoms with Crippen LogP contribution in [0.2, 0.25) is 5.02 Å². The van der Waals surface area contributed by atoms with Crippen molar-refractivity contribution in [3.05, 3.63) is 97.7 Å². The summed E-state index contributed by atoms with van der Waals surface area (Å²) in [4.78, 5) is 0. The van der Waals surface area contributed by atoms with E-state index in [4.69, 9.17) is 34.9 Å². The van der Waals surface area contributed by atoms with Gasteiger partial charge in [0, 0.05) is 31.7 Å². The topological polar surface area (TPSA) is 112 Å². The molecule has 1 fully saturated rings. The van der Waals surface area contributed by atoms with Gasteiger partial charge in [-0.1, -0.05) is 58.4 Å². The Balaban J connectivity index is -0.000000102. The minimum Gasteiger partial charge on any atom is 0 e. The molecule has 1 aromatic carbocycles. The van der Waals surface area contributed by atoms with Gasteiger partial charge in [0.2, 0.25) is 0 Å². The summed E-state index contributed by atoms with van der Waals surface area (Å²) in [6.45, 7) is 33.5. The van der Waals surface area contributed by atoms with E-state index in [0.29, 0.717) is 0 Å². The quantitative estimate of drug-likeness (QED) is 0.215. The molecule has 0 bridgehead atoms. The summed E-state index contributed by atoms with van der Waals surface area (Å²) >= 11 is 5.69. The second-order valence-corrected chi connectivity index (χ2v) is 6.42. The average Bonchev–Trinajstić information content (AvgIpc) is 3.67. The molecule has 6 radical (unpaired) electrons. The molecule has 0 N–H and O–H groups in total.